The largest absolute Gasteiger partial charge is 0.393 e. The quantitative estimate of drug-likeness (QED) is 0.323. The Morgan fingerprint density at radius 1 is 1.03 bits per heavy atom. The van der Waals surface area contributed by atoms with Crippen molar-refractivity contribution in [3.63, 3.8) is 0 Å². The van der Waals surface area contributed by atoms with Crippen molar-refractivity contribution in [1.29, 1.82) is 0 Å². The highest BCUT2D eigenvalue weighted by Gasteiger charge is 2.18. The molecule has 182 valence electrons. The smallest absolute Gasteiger partial charge is 0.158 e. The topological polar surface area (TPSA) is 66.2 Å². The van der Waals surface area contributed by atoms with Gasteiger partial charge < -0.3 is 19.9 Å². The molecular weight excluding hydrogens is 454 g/mol. The summed E-state index contributed by atoms with van der Waals surface area (Å²) >= 11 is 1.85. The van der Waals surface area contributed by atoms with Crippen molar-refractivity contribution in [2.24, 2.45) is 7.05 Å². The molecule has 7 heteroatoms. The third-order valence-corrected chi connectivity index (χ3v) is 7.48. The SMILES string of the molecule is CC(C)Sc1ccccc1Nc1nc(Cc2ccc(N3CCC(O)CC3)cc2)nc2ccn(C)c12. The van der Waals surface area contributed by atoms with Crippen LogP contribution >= 0.6 is 11.8 Å². The minimum absolute atomic E-state index is 0.158. The fourth-order valence-electron chi connectivity index (χ4n) is 4.59. The van der Waals surface area contributed by atoms with Crippen LogP contribution in [0.4, 0.5) is 17.2 Å². The summed E-state index contributed by atoms with van der Waals surface area (Å²) < 4.78 is 2.07. The van der Waals surface area contributed by atoms with E-state index in [9.17, 15) is 5.11 Å². The van der Waals surface area contributed by atoms with Crippen LogP contribution in [0.15, 0.2) is 65.7 Å². The molecule has 0 unspecified atom stereocenters. The standard InChI is InChI=1S/C28H33N5OS/c1-19(2)35-25-7-5-4-6-23(25)30-28-27-24(14-15-32(27)3)29-26(31-28)18-20-8-10-21(11-9-20)33-16-12-22(34)13-17-33/h4-11,14-15,19,22,34H,12-13,16-18H2,1-3H3,(H,29,30,31). The summed E-state index contributed by atoms with van der Waals surface area (Å²) in [4.78, 5) is 13.4. The van der Waals surface area contributed by atoms with Crippen LogP contribution in [0, 0.1) is 0 Å². The van der Waals surface area contributed by atoms with Gasteiger partial charge in [0, 0.05) is 48.6 Å². The van der Waals surface area contributed by atoms with E-state index in [-0.39, 0.29) is 6.10 Å². The van der Waals surface area contributed by atoms with Crippen LogP contribution in [0.1, 0.15) is 38.1 Å². The number of nitrogens with one attached hydrogen (secondary N) is 1. The molecule has 0 radical (unpaired) electrons. The lowest BCUT2D eigenvalue weighted by Crippen LogP contribution is -2.35. The van der Waals surface area contributed by atoms with Crippen molar-refractivity contribution >= 4 is 40.0 Å². The van der Waals surface area contributed by atoms with Gasteiger partial charge in [0.05, 0.1) is 17.3 Å². The lowest BCUT2D eigenvalue weighted by atomic mass is 10.1. The molecule has 3 heterocycles. The Hall–Kier alpha value is -3.03. The third kappa shape index (κ3) is 5.46. The minimum Gasteiger partial charge on any atom is -0.393 e. The summed E-state index contributed by atoms with van der Waals surface area (Å²) in [5.74, 6) is 1.63. The molecule has 1 aliphatic heterocycles. The zero-order valence-corrected chi connectivity index (χ0v) is 21.4. The van der Waals surface area contributed by atoms with E-state index in [1.807, 2.05) is 31.1 Å². The molecule has 1 aliphatic rings. The molecule has 0 bridgehead atoms. The van der Waals surface area contributed by atoms with Gasteiger partial charge in [0.2, 0.25) is 0 Å². The number of para-hydroxylation sites is 1. The summed E-state index contributed by atoms with van der Waals surface area (Å²) in [5.41, 5.74) is 5.40. The Morgan fingerprint density at radius 2 is 1.77 bits per heavy atom. The number of nitrogens with zero attached hydrogens (tertiary/aromatic N) is 4. The van der Waals surface area contributed by atoms with E-state index in [1.54, 1.807) is 0 Å². The first-order chi connectivity index (χ1) is 17.0. The number of aryl methyl sites for hydroxylation is 1. The molecule has 2 aromatic heterocycles. The number of piperidine rings is 1. The summed E-state index contributed by atoms with van der Waals surface area (Å²) in [6.07, 6.45) is 4.21. The van der Waals surface area contributed by atoms with Gasteiger partial charge in [-0.15, -0.1) is 11.8 Å². The van der Waals surface area contributed by atoms with E-state index >= 15 is 0 Å². The zero-order chi connectivity index (χ0) is 24.4. The maximum atomic E-state index is 9.78. The average molecular weight is 488 g/mol. The number of rotatable bonds is 7. The highest BCUT2D eigenvalue weighted by molar-refractivity contribution is 8.00. The van der Waals surface area contributed by atoms with Crippen molar-refractivity contribution < 1.29 is 5.11 Å². The van der Waals surface area contributed by atoms with Gasteiger partial charge in [-0.05, 0) is 48.7 Å². The van der Waals surface area contributed by atoms with Crippen molar-refractivity contribution in [3.05, 3.63) is 72.2 Å². The van der Waals surface area contributed by atoms with E-state index in [4.69, 9.17) is 9.97 Å². The molecule has 0 aliphatic carbocycles. The molecule has 1 fully saturated rings. The molecular formula is C28H33N5OS. The van der Waals surface area contributed by atoms with Crippen molar-refractivity contribution in [1.82, 2.24) is 14.5 Å². The molecule has 5 rings (SSSR count). The second kappa shape index (κ2) is 10.3. The third-order valence-electron chi connectivity index (χ3n) is 6.40. The first kappa shape index (κ1) is 23.7. The predicted molar refractivity (Wildman–Crippen MR) is 146 cm³/mol. The number of hydrogen-bond acceptors (Lipinski definition) is 6. The highest BCUT2D eigenvalue weighted by Crippen LogP contribution is 2.33. The van der Waals surface area contributed by atoms with Gasteiger partial charge in [-0.3, -0.25) is 0 Å². The van der Waals surface area contributed by atoms with Crippen molar-refractivity contribution in [2.45, 2.75) is 49.4 Å². The molecule has 0 amide bonds. The highest BCUT2D eigenvalue weighted by atomic mass is 32.2. The summed E-state index contributed by atoms with van der Waals surface area (Å²) in [7, 11) is 2.03. The molecule has 4 aromatic rings. The van der Waals surface area contributed by atoms with Crippen molar-refractivity contribution in [2.75, 3.05) is 23.3 Å². The number of benzene rings is 2. The minimum atomic E-state index is -0.158. The molecule has 6 nitrogen and oxygen atoms in total. The second-order valence-electron chi connectivity index (χ2n) is 9.50. The van der Waals surface area contributed by atoms with Crippen LogP contribution in [0.25, 0.3) is 11.0 Å². The molecule has 1 saturated heterocycles. The van der Waals surface area contributed by atoms with Crippen LogP contribution in [-0.4, -0.2) is 44.1 Å². The fraction of sp³-hybridized carbons (Fsp3) is 0.357. The number of hydrogen-bond donors (Lipinski definition) is 2. The molecule has 2 aromatic carbocycles. The van der Waals surface area contributed by atoms with Gasteiger partial charge in [0.25, 0.3) is 0 Å². The monoisotopic (exact) mass is 487 g/mol. The molecule has 2 N–H and O–H groups in total. The van der Waals surface area contributed by atoms with Crippen molar-refractivity contribution in [3.8, 4) is 0 Å². The summed E-state index contributed by atoms with van der Waals surface area (Å²) in [5, 5.41) is 13.9. The first-order valence-corrected chi connectivity index (χ1v) is 13.2. The van der Waals surface area contributed by atoms with Gasteiger partial charge >= 0.3 is 0 Å². The molecule has 0 atom stereocenters. The molecule has 0 saturated carbocycles. The maximum Gasteiger partial charge on any atom is 0.158 e. The van der Waals surface area contributed by atoms with E-state index in [0.29, 0.717) is 11.7 Å². The first-order valence-electron chi connectivity index (χ1n) is 12.3. The number of anilines is 3. The molecule has 35 heavy (non-hydrogen) atoms. The number of fused-ring (bicyclic) bond motifs is 1. The Kier molecular flexibility index (Phi) is 6.97. The Bertz CT molecular complexity index is 1290. The number of aliphatic hydroxyl groups is 1. The Morgan fingerprint density at radius 3 is 2.51 bits per heavy atom. The van der Waals surface area contributed by atoms with E-state index in [2.05, 4.69) is 77.2 Å². The van der Waals surface area contributed by atoms with Gasteiger partial charge in [-0.1, -0.05) is 38.1 Å². The molecule has 0 spiro atoms. The lowest BCUT2D eigenvalue weighted by Gasteiger charge is -2.31. The Balaban J connectivity index is 1.40. The number of aliphatic hydroxyl groups excluding tert-OH is 1. The van der Waals surface area contributed by atoms with Gasteiger partial charge in [0.15, 0.2) is 5.82 Å². The van der Waals surface area contributed by atoms with Crippen LogP contribution in [0.2, 0.25) is 0 Å². The second-order valence-corrected chi connectivity index (χ2v) is 11.1. The van der Waals surface area contributed by atoms with Crippen LogP contribution in [0.5, 0.6) is 0 Å². The fourth-order valence-corrected chi connectivity index (χ4v) is 5.50. The van der Waals surface area contributed by atoms with Gasteiger partial charge in [-0.2, -0.15) is 0 Å². The zero-order valence-electron chi connectivity index (χ0n) is 20.6. The van der Waals surface area contributed by atoms with E-state index < -0.39 is 0 Å². The van der Waals surface area contributed by atoms with Gasteiger partial charge in [-0.25, -0.2) is 9.97 Å². The van der Waals surface area contributed by atoms with Crippen LogP contribution < -0.4 is 10.2 Å². The van der Waals surface area contributed by atoms with E-state index in [1.165, 1.54) is 16.1 Å². The number of aromatic nitrogens is 3. The Labute approximate surface area is 211 Å². The summed E-state index contributed by atoms with van der Waals surface area (Å²) in [6, 6.07) is 19.1. The lowest BCUT2D eigenvalue weighted by molar-refractivity contribution is 0.145. The maximum absolute atomic E-state index is 9.78. The number of thioether (sulfide) groups is 1. The van der Waals surface area contributed by atoms with Gasteiger partial charge in [0.1, 0.15) is 11.3 Å². The normalized spacial score (nSPS) is 14.7. The van der Waals surface area contributed by atoms with Crippen LogP contribution in [0.3, 0.4) is 0 Å². The average Bonchev–Trinajstić information content (AvgIpc) is 3.22. The predicted octanol–water partition coefficient (Wildman–Crippen LogP) is 5.76. The summed E-state index contributed by atoms with van der Waals surface area (Å²) in [6.45, 7) is 6.22. The van der Waals surface area contributed by atoms with Crippen LogP contribution in [-0.2, 0) is 13.5 Å². The van der Waals surface area contributed by atoms with E-state index in [0.717, 1.165) is 54.3 Å².